The molecule has 0 aliphatic heterocycles. The number of halogens is 1. The summed E-state index contributed by atoms with van der Waals surface area (Å²) < 4.78 is 1.93. The number of nitrogens with zero attached hydrogens (tertiary/aromatic N) is 2. The lowest BCUT2D eigenvalue weighted by Gasteiger charge is -1.98. The minimum Gasteiger partial charge on any atom is -0.507 e. The van der Waals surface area contributed by atoms with E-state index in [1.54, 1.807) is 12.1 Å². The molecule has 1 aromatic carbocycles. The van der Waals surface area contributed by atoms with Gasteiger partial charge in [0.2, 0.25) is 0 Å². The average molecular weight is 247 g/mol. The van der Waals surface area contributed by atoms with E-state index in [1.807, 2.05) is 47.1 Å². The number of aromatic nitrogens is 2. The number of para-hydroxylation sites is 1. The van der Waals surface area contributed by atoms with Gasteiger partial charge in [-0.25, -0.2) is 4.98 Å². The van der Waals surface area contributed by atoms with Gasteiger partial charge in [-0.2, -0.15) is 0 Å². The van der Waals surface area contributed by atoms with Crippen LogP contribution in [0.1, 0.15) is 0 Å². The van der Waals surface area contributed by atoms with Crippen molar-refractivity contribution < 1.29 is 5.11 Å². The van der Waals surface area contributed by atoms with Gasteiger partial charge in [0.05, 0.1) is 5.69 Å². The third kappa shape index (κ3) is 1.97. The molecule has 0 saturated heterocycles. The summed E-state index contributed by atoms with van der Waals surface area (Å²) in [7, 11) is 0. The molecule has 1 N–H and O–H groups in total. The van der Waals surface area contributed by atoms with Crippen LogP contribution in [0.4, 0.5) is 0 Å². The van der Waals surface area contributed by atoms with Gasteiger partial charge in [0.15, 0.2) is 0 Å². The Morgan fingerprint density at radius 1 is 1.00 bits per heavy atom. The summed E-state index contributed by atoms with van der Waals surface area (Å²) in [5.74, 6) is 0.255. The summed E-state index contributed by atoms with van der Waals surface area (Å²) in [5.41, 5.74) is 2.41. The van der Waals surface area contributed by atoms with Crippen LogP contribution in [-0.2, 0) is 0 Å². The van der Waals surface area contributed by atoms with Crippen LogP contribution in [-0.4, -0.2) is 14.5 Å². The van der Waals surface area contributed by atoms with Crippen LogP contribution >= 0.6 is 12.4 Å². The van der Waals surface area contributed by atoms with Crippen molar-refractivity contribution >= 4 is 18.1 Å². The van der Waals surface area contributed by atoms with Crippen molar-refractivity contribution in [2.24, 2.45) is 0 Å². The van der Waals surface area contributed by atoms with Crippen LogP contribution < -0.4 is 0 Å². The van der Waals surface area contributed by atoms with Crippen molar-refractivity contribution in [2.45, 2.75) is 0 Å². The lowest BCUT2D eigenvalue weighted by molar-refractivity contribution is 0.477. The van der Waals surface area contributed by atoms with Gasteiger partial charge in [0, 0.05) is 18.0 Å². The van der Waals surface area contributed by atoms with Gasteiger partial charge in [-0.05, 0) is 24.3 Å². The molecule has 3 aromatic rings. The number of phenols is 1. The smallest absolute Gasteiger partial charge is 0.137 e. The number of fused-ring (bicyclic) bond motifs is 1. The fourth-order valence-corrected chi connectivity index (χ4v) is 1.75. The lowest BCUT2D eigenvalue weighted by atomic mass is 10.1. The molecule has 2 aromatic heterocycles. The quantitative estimate of drug-likeness (QED) is 0.716. The maximum Gasteiger partial charge on any atom is 0.137 e. The molecule has 4 heteroatoms. The van der Waals surface area contributed by atoms with Gasteiger partial charge in [0.25, 0.3) is 0 Å². The molecule has 0 aliphatic carbocycles. The SMILES string of the molecule is Cl.Oc1ccccc1-c1cn2ccccc2n1. The summed E-state index contributed by atoms with van der Waals surface area (Å²) in [6.45, 7) is 0. The summed E-state index contributed by atoms with van der Waals surface area (Å²) in [5, 5.41) is 9.74. The Labute approximate surface area is 105 Å². The van der Waals surface area contributed by atoms with Crippen LogP contribution in [0.15, 0.2) is 54.9 Å². The number of hydrogen-bond acceptors (Lipinski definition) is 2. The summed E-state index contributed by atoms with van der Waals surface area (Å²) >= 11 is 0. The Kier molecular flexibility index (Phi) is 3.02. The first-order chi connectivity index (χ1) is 7.84. The maximum absolute atomic E-state index is 9.74. The predicted octanol–water partition coefficient (Wildman–Crippen LogP) is 3.13. The molecule has 0 bridgehead atoms. The zero-order valence-corrected chi connectivity index (χ0v) is 9.76. The Hall–Kier alpha value is -2.00. The fraction of sp³-hybridized carbons (Fsp3) is 0. The summed E-state index contributed by atoms with van der Waals surface area (Å²) in [6, 6.07) is 13.0. The number of aromatic hydroxyl groups is 1. The minimum absolute atomic E-state index is 0. The zero-order chi connectivity index (χ0) is 11.0. The first-order valence-electron chi connectivity index (χ1n) is 5.07. The number of rotatable bonds is 1. The van der Waals surface area contributed by atoms with Crippen molar-refractivity contribution in [1.29, 1.82) is 0 Å². The molecular weight excluding hydrogens is 236 g/mol. The van der Waals surface area contributed by atoms with E-state index >= 15 is 0 Å². The molecule has 0 radical (unpaired) electrons. The number of pyridine rings is 1. The van der Waals surface area contributed by atoms with Crippen molar-refractivity contribution in [3.05, 3.63) is 54.9 Å². The molecule has 0 fully saturated rings. The zero-order valence-electron chi connectivity index (χ0n) is 8.95. The normalized spacial score (nSPS) is 10.1. The second kappa shape index (κ2) is 4.47. The molecule has 3 nitrogen and oxygen atoms in total. The maximum atomic E-state index is 9.74. The van der Waals surface area contributed by atoms with E-state index in [-0.39, 0.29) is 18.2 Å². The number of imidazole rings is 1. The Morgan fingerprint density at radius 2 is 1.76 bits per heavy atom. The van der Waals surface area contributed by atoms with Crippen molar-refractivity contribution in [1.82, 2.24) is 9.38 Å². The topological polar surface area (TPSA) is 37.5 Å². The molecule has 3 rings (SSSR count). The Balaban J connectivity index is 0.00000108. The van der Waals surface area contributed by atoms with E-state index in [4.69, 9.17) is 0 Å². The standard InChI is InChI=1S/C13H10N2O.ClH/c16-12-6-2-1-5-10(12)11-9-15-8-4-3-7-13(15)14-11;/h1-9,16H;1H. The average Bonchev–Trinajstić information content (AvgIpc) is 2.73. The van der Waals surface area contributed by atoms with Gasteiger partial charge in [-0.3, -0.25) is 0 Å². The molecule has 0 spiro atoms. The van der Waals surface area contributed by atoms with Crippen LogP contribution in [0.25, 0.3) is 16.9 Å². The highest BCUT2D eigenvalue weighted by Crippen LogP contribution is 2.27. The molecule has 0 unspecified atom stereocenters. The molecule has 2 heterocycles. The van der Waals surface area contributed by atoms with Crippen molar-refractivity contribution in [2.75, 3.05) is 0 Å². The molecule has 17 heavy (non-hydrogen) atoms. The number of hydrogen-bond donors (Lipinski definition) is 1. The van der Waals surface area contributed by atoms with Gasteiger partial charge in [-0.15, -0.1) is 12.4 Å². The summed E-state index contributed by atoms with van der Waals surface area (Å²) in [6.07, 6.45) is 3.84. The second-order valence-corrected chi connectivity index (χ2v) is 3.61. The summed E-state index contributed by atoms with van der Waals surface area (Å²) in [4.78, 5) is 4.45. The third-order valence-corrected chi connectivity index (χ3v) is 2.54. The van der Waals surface area contributed by atoms with Crippen molar-refractivity contribution in [3.63, 3.8) is 0 Å². The van der Waals surface area contributed by atoms with E-state index in [9.17, 15) is 5.11 Å². The monoisotopic (exact) mass is 246 g/mol. The Bertz CT molecular complexity index is 615. The largest absolute Gasteiger partial charge is 0.507 e. The van der Waals surface area contributed by atoms with Crippen LogP contribution in [0.3, 0.4) is 0 Å². The van der Waals surface area contributed by atoms with E-state index in [2.05, 4.69) is 4.98 Å². The molecule has 0 amide bonds. The first-order valence-corrected chi connectivity index (χ1v) is 5.07. The predicted molar refractivity (Wildman–Crippen MR) is 69.5 cm³/mol. The van der Waals surface area contributed by atoms with E-state index < -0.39 is 0 Å². The highest BCUT2D eigenvalue weighted by molar-refractivity contribution is 5.85. The van der Waals surface area contributed by atoms with Crippen LogP contribution in [0.2, 0.25) is 0 Å². The molecule has 0 aliphatic rings. The van der Waals surface area contributed by atoms with Gasteiger partial charge in [-0.1, -0.05) is 18.2 Å². The Morgan fingerprint density at radius 3 is 2.53 bits per heavy atom. The van der Waals surface area contributed by atoms with Gasteiger partial charge < -0.3 is 9.51 Å². The molecule has 86 valence electrons. The van der Waals surface area contributed by atoms with E-state index in [0.29, 0.717) is 0 Å². The van der Waals surface area contributed by atoms with Gasteiger partial charge in [0.1, 0.15) is 11.4 Å². The number of benzene rings is 1. The fourth-order valence-electron chi connectivity index (χ4n) is 1.75. The van der Waals surface area contributed by atoms with Crippen LogP contribution in [0.5, 0.6) is 5.75 Å². The minimum atomic E-state index is 0. The second-order valence-electron chi connectivity index (χ2n) is 3.61. The van der Waals surface area contributed by atoms with Crippen LogP contribution in [0, 0.1) is 0 Å². The molecular formula is C13H11ClN2O. The molecule has 0 saturated carbocycles. The van der Waals surface area contributed by atoms with E-state index in [0.717, 1.165) is 16.9 Å². The third-order valence-electron chi connectivity index (χ3n) is 2.54. The molecule has 0 atom stereocenters. The van der Waals surface area contributed by atoms with E-state index in [1.165, 1.54) is 0 Å². The number of phenolic OH excluding ortho intramolecular Hbond substituents is 1. The highest BCUT2D eigenvalue weighted by atomic mass is 35.5. The van der Waals surface area contributed by atoms with Gasteiger partial charge >= 0.3 is 0 Å². The highest BCUT2D eigenvalue weighted by Gasteiger charge is 2.07. The first kappa shape index (κ1) is 11.5. The lowest BCUT2D eigenvalue weighted by Crippen LogP contribution is -1.77. The van der Waals surface area contributed by atoms with Crippen molar-refractivity contribution in [3.8, 4) is 17.0 Å².